The number of amides is 2. The van der Waals surface area contributed by atoms with Gasteiger partial charge in [-0.1, -0.05) is 0 Å². The molecule has 8 heteroatoms. The zero-order chi connectivity index (χ0) is 14.0. The van der Waals surface area contributed by atoms with Crippen molar-refractivity contribution in [3.05, 3.63) is 17.1 Å². The van der Waals surface area contributed by atoms with Gasteiger partial charge in [0.15, 0.2) is 0 Å². The van der Waals surface area contributed by atoms with Crippen LogP contribution in [0.1, 0.15) is 9.67 Å². The maximum absolute atomic E-state index is 12.0. The molecule has 0 radical (unpaired) electrons. The number of likely N-dealkylation sites (N-methyl/N-ethyl adjacent to an activating group) is 1. The Hall–Kier alpha value is -2.22. The number of hydrogen-bond donors (Lipinski definition) is 2. The molecule has 100 valence electrons. The average Bonchev–Trinajstić information content (AvgIpc) is 2.73. The molecule has 0 bridgehead atoms. The van der Waals surface area contributed by atoms with Crippen LogP contribution < -0.4 is 11.1 Å². The van der Waals surface area contributed by atoms with Gasteiger partial charge in [-0.05, 0) is 6.07 Å². The van der Waals surface area contributed by atoms with Gasteiger partial charge < -0.3 is 16.0 Å². The second-order valence-corrected chi connectivity index (χ2v) is 5.06. The molecule has 19 heavy (non-hydrogen) atoms. The molecular weight excluding hydrogens is 266 g/mol. The van der Waals surface area contributed by atoms with Crippen LogP contribution in [0.5, 0.6) is 0 Å². The van der Waals surface area contributed by atoms with E-state index in [4.69, 9.17) is 5.73 Å². The summed E-state index contributed by atoms with van der Waals surface area (Å²) >= 11 is 1.16. The summed E-state index contributed by atoms with van der Waals surface area (Å²) in [6.07, 6.45) is 1.52. The number of nitrogen functional groups attached to an aromatic ring is 1. The maximum atomic E-state index is 12.0. The summed E-state index contributed by atoms with van der Waals surface area (Å²) in [4.78, 5) is 25.7. The lowest BCUT2D eigenvalue weighted by molar-refractivity contribution is -0.127. The van der Waals surface area contributed by atoms with Gasteiger partial charge >= 0.3 is 0 Å². The third-order valence-corrected chi connectivity index (χ3v) is 3.63. The monoisotopic (exact) mass is 279 g/mol. The number of carbonyl (C=O) groups is 2. The number of hydrogen-bond acceptors (Lipinski definition) is 6. The minimum absolute atomic E-state index is 0.0643. The van der Waals surface area contributed by atoms with Crippen LogP contribution in [0.2, 0.25) is 0 Å². The van der Waals surface area contributed by atoms with Crippen molar-refractivity contribution in [2.24, 2.45) is 0 Å². The lowest BCUT2D eigenvalue weighted by Gasteiger charge is -2.10. The van der Waals surface area contributed by atoms with Crippen molar-refractivity contribution in [1.29, 1.82) is 0 Å². The summed E-state index contributed by atoms with van der Waals surface area (Å²) in [5, 5.41) is 10.9. The van der Waals surface area contributed by atoms with Crippen LogP contribution in [0.15, 0.2) is 12.3 Å². The molecule has 3 N–H and O–H groups in total. The number of fused-ring (bicyclic) bond motifs is 1. The van der Waals surface area contributed by atoms with Gasteiger partial charge in [-0.2, -0.15) is 5.10 Å². The highest BCUT2D eigenvalue weighted by Gasteiger charge is 2.17. The molecule has 0 atom stereocenters. The Bertz CT molecular complexity index is 637. The molecule has 0 fully saturated rings. The van der Waals surface area contributed by atoms with E-state index < -0.39 is 0 Å². The first-order valence-corrected chi connectivity index (χ1v) is 6.30. The molecule has 2 rings (SSSR count). The number of thiophene rings is 1. The summed E-state index contributed by atoms with van der Waals surface area (Å²) in [6, 6.07) is 1.70. The van der Waals surface area contributed by atoms with Crippen LogP contribution in [0.3, 0.4) is 0 Å². The zero-order valence-electron chi connectivity index (χ0n) is 10.5. The van der Waals surface area contributed by atoms with Gasteiger partial charge in [0, 0.05) is 19.5 Å². The standard InChI is InChI=1S/C11H13N5O2S/c1-16(2)7(17)5-13-10(18)9-8(12)6-3-4-14-15-11(6)19-9/h3-4H,5,12H2,1-2H3,(H,13,18). The molecule has 2 heterocycles. The highest BCUT2D eigenvalue weighted by atomic mass is 32.1. The Kier molecular flexibility index (Phi) is 3.61. The molecule has 0 aliphatic carbocycles. The number of aromatic nitrogens is 2. The van der Waals surface area contributed by atoms with E-state index in [2.05, 4.69) is 15.5 Å². The fourth-order valence-electron chi connectivity index (χ4n) is 1.44. The van der Waals surface area contributed by atoms with Crippen molar-refractivity contribution in [1.82, 2.24) is 20.4 Å². The predicted molar refractivity (Wildman–Crippen MR) is 72.9 cm³/mol. The Labute approximate surface area is 113 Å². The van der Waals surface area contributed by atoms with E-state index in [-0.39, 0.29) is 18.4 Å². The van der Waals surface area contributed by atoms with Crippen LogP contribution in [0, 0.1) is 0 Å². The maximum Gasteiger partial charge on any atom is 0.264 e. The number of nitrogens with one attached hydrogen (secondary N) is 1. The molecule has 0 aliphatic heterocycles. The Balaban J connectivity index is 2.18. The van der Waals surface area contributed by atoms with E-state index >= 15 is 0 Å². The molecule has 2 aromatic rings. The molecule has 2 aromatic heterocycles. The molecular formula is C11H13N5O2S. The van der Waals surface area contributed by atoms with Crippen molar-refractivity contribution in [2.45, 2.75) is 0 Å². The third-order valence-electron chi connectivity index (χ3n) is 2.53. The van der Waals surface area contributed by atoms with E-state index in [9.17, 15) is 9.59 Å². The first kappa shape index (κ1) is 13.2. The predicted octanol–water partition coefficient (Wildman–Crippen LogP) is 0.0915. The molecule has 0 saturated heterocycles. The van der Waals surface area contributed by atoms with E-state index in [0.29, 0.717) is 20.8 Å². The molecule has 0 saturated carbocycles. The molecule has 7 nitrogen and oxygen atoms in total. The number of nitrogens with two attached hydrogens (primary N) is 1. The second-order valence-electron chi connectivity index (χ2n) is 4.07. The molecule has 0 spiro atoms. The number of nitrogens with zero attached hydrogens (tertiary/aromatic N) is 3. The third kappa shape index (κ3) is 2.63. The van der Waals surface area contributed by atoms with Crippen LogP contribution in [0.4, 0.5) is 5.69 Å². The van der Waals surface area contributed by atoms with Crippen LogP contribution in [-0.4, -0.2) is 47.6 Å². The summed E-state index contributed by atoms with van der Waals surface area (Å²) < 4.78 is 0. The lowest BCUT2D eigenvalue weighted by atomic mass is 10.3. The first-order valence-electron chi connectivity index (χ1n) is 5.48. The Morgan fingerprint density at radius 3 is 2.84 bits per heavy atom. The molecule has 0 aromatic carbocycles. The van der Waals surface area contributed by atoms with Crippen LogP contribution >= 0.6 is 11.3 Å². The van der Waals surface area contributed by atoms with Crippen LogP contribution in [0.25, 0.3) is 10.2 Å². The van der Waals surface area contributed by atoms with Gasteiger partial charge in [-0.15, -0.1) is 16.4 Å². The zero-order valence-corrected chi connectivity index (χ0v) is 11.3. The average molecular weight is 279 g/mol. The smallest absolute Gasteiger partial charge is 0.264 e. The van der Waals surface area contributed by atoms with Crippen molar-refractivity contribution in [3.8, 4) is 0 Å². The lowest BCUT2D eigenvalue weighted by Crippen LogP contribution is -2.36. The number of rotatable bonds is 3. The quantitative estimate of drug-likeness (QED) is 0.829. The van der Waals surface area contributed by atoms with Gasteiger partial charge in [-0.25, -0.2) is 0 Å². The number of carbonyl (C=O) groups excluding carboxylic acids is 2. The SMILES string of the molecule is CN(C)C(=O)CNC(=O)c1sc2nnccc2c1N. The van der Waals surface area contributed by atoms with Gasteiger partial charge in [0.2, 0.25) is 5.91 Å². The summed E-state index contributed by atoms with van der Waals surface area (Å²) in [5.41, 5.74) is 6.26. The second kappa shape index (κ2) is 5.19. The van der Waals surface area contributed by atoms with Gasteiger partial charge in [0.25, 0.3) is 5.91 Å². The minimum Gasteiger partial charge on any atom is -0.397 e. The van der Waals surface area contributed by atoms with Crippen molar-refractivity contribution in [2.75, 3.05) is 26.4 Å². The summed E-state index contributed by atoms with van der Waals surface area (Å²) in [6.45, 7) is -0.0643. The topological polar surface area (TPSA) is 101 Å². The fourth-order valence-corrected chi connectivity index (χ4v) is 2.39. The fraction of sp³-hybridized carbons (Fsp3) is 0.273. The molecule has 2 amide bonds. The van der Waals surface area contributed by atoms with E-state index in [1.54, 1.807) is 20.2 Å². The highest BCUT2D eigenvalue weighted by Crippen LogP contribution is 2.31. The van der Waals surface area contributed by atoms with Crippen LogP contribution in [-0.2, 0) is 4.79 Å². The van der Waals surface area contributed by atoms with E-state index in [1.165, 1.54) is 11.1 Å². The minimum atomic E-state index is -0.379. The van der Waals surface area contributed by atoms with Gasteiger partial charge in [0.1, 0.15) is 9.71 Å². The molecule has 0 unspecified atom stereocenters. The van der Waals surface area contributed by atoms with Crippen molar-refractivity contribution < 1.29 is 9.59 Å². The Morgan fingerprint density at radius 1 is 1.47 bits per heavy atom. The Morgan fingerprint density at radius 2 is 2.21 bits per heavy atom. The first-order chi connectivity index (χ1) is 9.00. The van der Waals surface area contributed by atoms with Crippen molar-refractivity contribution in [3.63, 3.8) is 0 Å². The van der Waals surface area contributed by atoms with Crippen molar-refractivity contribution >= 4 is 39.1 Å². The van der Waals surface area contributed by atoms with Gasteiger partial charge in [-0.3, -0.25) is 9.59 Å². The summed E-state index contributed by atoms with van der Waals surface area (Å²) in [5.74, 6) is -0.566. The van der Waals surface area contributed by atoms with E-state index in [0.717, 1.165) is 11.3 Å². The van der Waals surface area contributed by atoms with E-state index in [1.807, 2.05) is 0 Å². The largest absolute Gasteiger partial charge is 0.397 e. The molecule has 0 aliphatic rings. The van der Waals surface area contributed by atoms with Gasteiger partial charge in [0.05, 0.1) is 18.4 Å². The normalized spacial score (nSPS) is 10.4. The highest BCUT2D eigenvalue weighted by molar-refractivity contribution is 7.21. The summed E-state index contributed by atoms with van der Waals surface area (Å²) in [7, 11) is 3.25. The number of anilines is 1.